The van der Waals surface area contributed by atoms with Crippen molar-refractivity contribution in [3.8, 4) is 0 Å². The highest BCUT2D eigenvalue weighted by Crippen LogP contribution is 2.14. The summed E-state index contributed by atoms with van der Waals surface area (Å²) in [5, 5.41) is 13.6. The van der Waals surface area contributed by atoms with Crippen LogP contribution in [-0.2, 0) is 6.42 Å². The molecule has 2 N–H and O–H groups in total. The molecule has 1 heterocycles. The maximum absolute atomic E-state index is 9.74. The highest BCUT2D eigenvalue weighted by molar-refractivity contribution is 7.09. The Hall–Kier alpha value is -0.680. The highest BCUT2D eigenvalue weighted by atomic mass is 32.1. The van der Waals surface area contributed by atoms with Gasteiger partial charge < -0.3 is 10.4 Å². The molecule has 5 heteroatoms. The van der Waals surface area contributed by atoms with Gasteiger partial charge in [-0.25, -0.2) is 4.98 Å². The lowest BCUT2D eigenvalue weighted by atomic mass is 10.0. The van der Waals surface area contributed by atoms with Gasteiger partial charge in [-0.15, -0.1) is 0 Å². The lowest BCUT2D eigenvalue weighted by molar-refractivity contribution is 0.0697. The number of nitrogens with one attached hydrogen (secondary N) is 1. The quantitative estimate of drug-likeness (QED) is 0.784. The fourth-order valence-corrected chi connectivity index (χ4v) is 1.51. The first-order valence-electron chi connectivity index (χ1n) is 4.86. The molecule has 0 fully saturated rings. The van der Waals surface area contributed by atoms with Gasteiger partial charge in [-0.2, -0.15) is 4.37 Å². The molecule has 1 aromatic rings. The molecule has 0 aliphatic rings. The summed E-state index contributed by atoms with van der Waals surface area (Å²) in [6, 6.07) is 0. The number of aliphatic hydroxyl groups is 1. The largest absolute Gasteiger partial charge is 0.388 e. The molecule has 14 heavy (non-hydrogen) atoms. The molecule has 0 saturated heterocycles. The molecule has 0 aromatic carbocycles. The van der Waals surface area contributed by atoms with Crippen LogP contribution in [0.5, 0.6) is 0 Å². The van der Waals surface area contributed by atoms with E-state index in [1.807, 2.05) is 20.8 Å². The van der Waals surface area contributed by atoms with Crippen LogP contribution in [0.3, 0.4) is 0 Å². The van der Waals surface area contributed by atoms with Crippen molar-refractivity contribution < 1.29 is 5.11 Å². The van der Waals surface area contributed by atoms with E-state index in [0.29, 0.717) is 6.54 Å². The molecular weight excluding hydrogens is 198 g/mol. The first kappa shape index (κ1) is 11.4. The van der Waals surface area contributed by atoms with Crippen molar-refractivity contribution in [1.82, 2.24) is 9.36 Å². The maximum Gasteiger partial charge on any atom is 0.202 e. The Bertz CT molecular complexity index is 285. The molecule has 0 bridgehead atoms. The third-order valence-electron chi connectivity index (χ3n) is 2.17. The molecule has 1 aromatic heterocycles. The van der Waals surface area contributed by atoms with Gasteiger partial charge in [0.15, 0.2) is 0 Å². The molecule has 0 aliphatic heterocycles. The number of aromatic nitrogens is 2. The van der Waals surface area contributed by atoms with Crippen LogP contribution in [0, 0.1) is 0 Å². The molecule has 0 amide bonds. The highest BCUT2D eigenvalue weighted by Gasteiger charge is 2.17. The van der Waals surface area contributed by atoms with Gasteiger partial charge in [0.2, 0.25) is 5.13 Å². The van der Waals surface area contributed by atoms with E-state index in [2.05, 4.69) is 14.7 Å². The summed E-state index contributed by atoms with van der Waals surface area (Å²) < 4.78 is 4.15. The zero-order valence-electron chi connectivity index (χ0n) is 8.87. The van der Waals surface area contributed by atoms with E-state index in [0.717, 1.165) is 23.8 Å². The van der Waals surface area contributed by atoms with Crippen LogP contribution in [0.2, 0.25) is 0 Å². The van der Waals surface area contributed by atoms with Gasteiger partial charge in [0, 0.05) is 24.5 Å². The van der Waals surface area contributed by atoms with Crippen LogP contribution in [0.15, 0.2) is 0 Å². The number of anilines is 1. The molecule has 0 radical (unpaired) electrons. The third-order valence-corrected chi connectivity index (χ3v) is 2.88. The van der Waals surface area contributed by atoms with E-state index in [4.69, 9.17) is 0 Å². The Morgan fingerprint density at radius 2 is 2.21 bits per heavy atom. The number of aryl methyl sites for hydroxylation is 1. The average molecular weight is 215 g/mol. The van der Waals surface area contributed by atoms with Crippen LogP contribution < -0.4 is 5.32 Å². The first-order valence-corrected chi connectivity index (χ1v) is 5.63. The molecule has 1 atom stereocenters. The first-order chi connectivity index (χ1) is 6.57. The molecule has 4 nitrogen and oxygen atoms in total. The summed E-state index contributed by atoms with van der Waals surface area (Å²) in [5.74, 6) is 0.855. The second-order valence-electron chi connectivity index (χ2n) is 3.57. The molecular formula is C9H17N3OS. The Morgan fingerprint density at radius 3 is 2.71 bits per heavy atom. The van der Waals surface area contributed by atoms with Gasteiger partial charge in [-0.3, -0.25) is 0 Å². The third kappa shape index (κ3) is 3.23. The summed E-state index contributed by atoms with van der Waals surface area (Å²) in [4.78, 5) is 4.25. The smallest absolute Gasteiger partial charge is 0.202 e. The second-order valence-corrected chi connectivity index (χ2v) is 4.33. The SMILES string of the molecule is CCc1nsc(NCC(C)(O)CC)n1. The monoisotopic (exact) mass is 215 g/mol. The zero-order chi connectivity index (χ0) is 10.6. The van der Waals surface area contributed by atoms with E-state index in [9.17, 15) is 5.11 Å². The van der Waals surface area contributed by atoms with Gasteiger partial charge in [-0.1, -0.05) is 13.8 Å². The summed E-state index contributed by atoms with van der Waals surface area (Å²) in [7, 11) is 0. The summed E-state index contributed by atoms with van der Waals surface area (Å²) in [6.45, 7) is 6.30. The van der Waals surface area contributed by atoms with E-state index in [1.54, 1.807) is 0 Å². The van der Waals surface area contributed by atoms with Crippen molar-refractivity contribution in [3.05, 3.63) is 5.82 Å². The second kappa shape index (κ2) is 4.70. The van der Waals surface area contributed by atoms with Gasteiger partial charge in [0.25, 0.3) is 0 Å². The van der Waals surface area contributed by atoms with Crippen molar-refractivity contribution in [1.29, 1.82) is 0 Å². The molecule has 0 aliphatic carbocycles. The minimum atomic E-state index is -0.669. The molecule has 1 rings (SSSR count). The van der Waals surface area contributed by atoms with Crippen molar-refractivity contribution in [3.63, 3.8) is 0 Å². The van der Waals surface area contributed by atoms with Gasteiger partial charge in [0.05, 0.1) is 5.60 Å². The molecule has 1 unspecified atom stereocenters. The lowest BCUT2D eigenvalue weighted by Gasteiger charge is -2.20. The number of hydrogen-bond acceptors (Lipinski definition) is 5. The van der Waals surface area contributed by atoms with Crippen molar-refractivity contribution >= 4 is 16.7 Å². The van der Waals surface area contributed by atoms with Crippen LogP contribution in [-0.4, -0.2) is 26.6 Å². The van der Waals surface area contributed by atoms with E-state index in [-0.39, 0.29) is 0 Å². The van der Waals surface area contributed by atoms with E-state index in [1.165, 1.54) is 11.5 Å². The Balaban J connectivity index is 2.45. The Morgan fingerprint density at radius 1 is 1.50 bits per heavy atom. The fourth-order valence-electron chi connectivity index (χ4n) is 0.860. The van der Waals surface area contributed by atoms with Gasteiger partial charge >= 0.3 is 0 Å². The summed E-state index contributed by atoms with van der Waals surface area (Å²) in [5.41, 5.74) is -0.669. The van der Waals surface area contributed by atoms with Crippen LogP contribution >= 0.6 is 11.5 Å². The minimum Gasteiger partial charge on any atom is -0.388 e. The lowest BCUT2D eigenvalue weighted by Crippen LogP contribution is -2.32. The minimum absolute atomic E-state index is 0.516. The van der Waals surface area contributed by atoms with Crippen molar-refractivity contribution in [2.24, 2.45) is 0 Å². The fraction of sp³-hybridized carbons (Fsp3) is 0.778. The predicted octanol–water partition coefficient (Wildman–Crippen LogP) is 1.67. The van der Waals surface area contributed by atoms with Crippen LogP contribution in [0.1, 0.15) is 33.0 Å². The zero-order valence-corrected chi connectivity index (χ0v) is 9.69. The van der Waals surface area contributed by atoms with Crippen LogP contribution in [0.25, 0.3) is 0 Å². The van der Waals surface area contributed by atoms with Gasteiger partial charge in [-0.05, 0) is 13.3 Å². The average Bonchev–Trinajstić information content (AvgIpc) is 2.63. The summed E-state index contributed by atoms with van der Waals surface area (Å²) >= 11 is 1.34. The van der Waals surface area contributed by atoms with Crippen molar-refractivity contribution in [2.45, 2.75) is 39.2 Å². The predicted molar refractivity (Wildman–Crippen MR) is 58.7 cm³/mol. The standard InChI is InChI=1S/C9H17N3OS/c1-4-7-11-8(14-12-7)10-6-9(3,13)5-2/h13H,4-6H2,1-3H3,(H,10,11,12). The number of nitrogens with zero attached hydrogens (tertiary/aromatic N) is 2. The number of hydrogen-bond donors (Lipinski definition) is 2. The molecule has 80 valence electrons. The normalized spacial score (nSPS) is 15.1. The van der Waals surface area contributed by atoms with E-state index >= 15 is 0 Å². The molecule has 0 saturated carbocycles. The Kier molecular flexibility index (Phi) is 3.83. The summed E-state index contributed by atoms with van der Waals surface area (Å²) in [6.07, 6.45) is 1.57. The maximum atomic E-state index is 9.74. The molecule has 0 spiro atoms. The van der Waals surface area contributed by atoms with Gasteiger partial charge in [0.1, 0.15) is 5.82 Å². The van der Waals surface area contributed by atoms with E-state index < -0.39 is 5.60 Å². The topological polar surface area (TPSA) is 58.0 Å². The van der Waals surface area contributed by atoms with Crippen LogP contribution in [0.4, 0.5) is 5.13 Å². The Labute approximate surface area is 88.6 Å². The van der Waals surface area contributed by atoms with Crippen molar-refractivity contribution in [2.75, 3.05) is 11.9 Å². The number of rotatable bonds is 5.